The Morgan fingerprint density at radius 2 is 1.93 bits per heavy atom. The maximum absolute atomic E-state index is 12.2. The number of fused-ring (bicyclic) bond motifs is 1. The number of aryl methyl sites for hydroxylation is 1. The Bertz CT molecular complexity index is 1110. The zero-order valence-electron chi connectivity index (χ0n) is 15.0. The van der Waals surface area contributed by atoms with Crippen LogP contribution in [0.25, 0.3) is 0 Å². The maximum Gasteiger partial charge on any atom is 0.343 e. The van der Waals surface area contributed by atoms with Crippen LogP contribution in [-0.2, 0) is 0 Å². The molecule has 138 valence electrons. The maximum atomic E-state index is 12.2. The summed E-state index contributed by atoms with van der Waals surface area (Å²) in [6, 6.07) is 17.9. The van der Waals surface area contributed by atoms with Gasteiger partial charge in [-0.25, -0.2) is 4.79 Å². The van der Waals surface area contributed by atoms with Crippen molar-refractivity contribution in [3.8, 4) is 17.7 Å². The molecule has 0 fully saturated rings. The number of nitriles is 1. The molecular formula is C21H16N4O3. The number of nitrogens with two attached hydrogens (primary N) is 1. The largest absolute Gasteiger partial charge is 0.423 e. The minimum absolute atomic E-state index is 0.0334. The molecule has 0 saturated carbocycles. The Labute approximate surface area is 161 Å². The summed E-state index contributed by atoms with van der Waals surface area (Å²) >= 11 is 0. The number of carbonyl (C=O) groups excluding carboxylic acids is 1. The molecule has 0 radical (unpaired) electrons. The van der Waals surface area contributed by atoms with Gasteiger partial charge in [-0.3, -0.25) is 5.10 Å². The molecule has 3 N–H and O–H groups in total. The smallest absolute Gasteiger partial charge is 0.343 e. The fourth-order valence-electron chi connectivity index (χ4n) is 3.20. The van der Waals surface area contributed by atoms with E-state index < -0.39 is 11.9 Å². The molecular weight excluding hydrogens is 356 g/mol. The summed E-state index contributed by atoms with van der Waals surface area (Å²) in [6.45, 7) is 1.86. The average molecular weight is 372 g/mol. The van der Waals surface area contributed by atoms with Crippen LogP contribution in [0.5, 0.6) is 11.6 Å². The molecule has 7 heteroatoms. The summed E-state index contributed by atoms with van der Waals surface area (Å²) in [4.78, 5) is 12.2. The normalized spacial score (nSPS) is 15.4. The average Bonchev–Trinajstić information content (AvgIpc) is 3.08. The molecule has 1 atom stereocenters. The van der Waals surface area contributed by atoms with Crippen LogP contribution >= 0.6 is 0 Å². The number of hydrogen-bond donors (Lipinski definition) is 2. The number of allylic oxidation sites excluding steroid dienone is 1. The zero-order valence-corrected chi connectivity index (χ0v) is 15.0. The van der Waals surface area contributed by atoms with Gasteiger partial charge in [-0.1, -0.05) is 30.3 Å². The zero-order chi connectivity index (χ0) is 19.7. The number of rotatable bonds is 3. The van der Waals surface area contributed by atoms with Gasteiger partial charge < -0.3 is 15.2 Å². The van der Waals surface area contributed by atoms with Crippen LogP contribution in [0, 0.1) is 18.3 Å². The van der Waals surface area contributed by atoms with Crippen LogP contribution in [0.3, 0.4) is 0 Å². The van der Waals surface area contributed by atoms with Crippen LogP contribution < -0.4 is 15.2 Å². The second kappa shape index (κ2) is 6.93. The summed E-state index contributed by atoms with van der Waals surface area (Å²) < 4.78 is 10.9. The number of aromatic amines is 1. The third-order valence-electron chi connectivity index (χ3n) is 4.56. The van der Waals surface area contributed by atoms with E-state index in [4.69, 9.17) is 15.2 Å². The van der Waals surface area contributed by atoms with E-state index in [9.17, 15) is 10.1 Å². The molecule has 1 aliphatic heterocycles. The van der Waals surface area contributed by atoms with Crippen molar-refractivity contribution in [2.24, 2.45) is 5.73 Å². The lowest BCUT2D eigenvalue weighted by Crippen LogP contribution is -2.21. The van der Waals surface area contributed by atoms with E-state index in [1.807, 2.05) is 13.0 Å². The second-order valence-corrected chi connectivity index (χ2v) is 6.32. The van der Waals surface area contributed by atoms with Gasteiger partial charge in [0.1, 0.15) is 17.4 Å². The third-order valence-corrected chi connectivity index (χ3v) is 4.56. The van der Waals surface area contributed by atoms with E-state index >= 15 is 0 Å². The first-order valence-electron chi connectivity index (χ1n) is 8.58. The highest BCUT2D eigenvalue weighted by Gasteiger charge is 2.34. The van der Waals surface area contributed by atoms with Crippen molar-refractivity contribution in [3.63, 3.8) is 0 Å². The predicted octanol–water partition coefficient (Wildman–Crippen LogP) is 3.16. The first-order chi connectivity index (χ1) is 13.6. The van der Waals surface area contributed by atoms with Gasteiger partial charge in [0.15, 0.2) is 0 Å². The minimum Gasteiger partial charge on any atom is -0.423 e. The standard InChI is InChI=1S/C21H16N4O3/c1-12-17-18(16(11-22)19(23)28-20(17)25-24-12)13-7-9-15(10-8-13)27-21(26)14-5-3-2-4-6-14/h2-10,18H,23H2,1H3,(H,24,25)/t18-/m0/s1. The van der Waals surface area contributed by atoms with E-state index in [1.54, 1.807) is 48.5 Å². The Balaban J connectivity index is 1.64. The monoisotopic (exact) mass is 372 g/mol. The molecule has 1 aromatic heterocycles. The minimum atomic E-state index is -0.436. The van der Waals surface area contributed by atoms with Crippen molar-refractivity contribution in [3.05, 3.63) is 88.4 Å². The summed E-state index contributed by atoms with van der Waals surface area (Å²) in [7, 11) is 0. The van der Waals surface area contributed by atoms with Crippen molar-refractivity contribution in [2.45, 2.75) is 12.8 Å². The first kappa shape index (κ1) is 17.4. The SMILES string of the molecule is Cc1[nH]nc2c1[C@@H](c1ccc(OC(=O)c3ccccc3)cc1)C(C#N)=C(N)O2. The molecule has 0 saturated heterocycles. The lowest BCUT2D eigenvalue weighted by molar-refractivity contribution is 0.0734. The van der Waals surface area contributed by atoms with Crippen molar-refractivity contribution < 1.29 is 14.3 Å². The van der Waals surface area contributed by atoms with Gasteiger partial charge in [-0.15, -0.1) is 5.10 Å². The van der Waals surface area contributed by atoms with Crippen LogP contribution in [0.4, 0.5) is 0 Å². The molecule has 0 unspecified atom stereocenters. The summed E-state index contributed by atoms with van der Waals surface area (Å²) in [6.07, 6.45) is 0. The molecule has 2 aromatic carbocycles. The number of benzene rings is 2. The van der Waals surface area contributed by atoms with E-state index in [1.165, 1.54) is 0 Å². The molecule has 3 aromatic rings. The van der Waals surface area contributed by atoms with Crippen LogP contribution in [0.1, 0.15) is 33.1 Å². The molecule has 0 spiro atoms. The molecule has 1 aliphatic rings. The van der Waals surface area contributed by atoms with E-state index in [-0.39, 0.29) is 5.88 Å². The van der Waals surface area contributed by atoms with Gasteiger partial charge in [-0.2, -0.15) is 5.26 Å². The highest BCUT2D eigenvalue weighted by atomic mass is 16.5. The topological polar surface area (TPSA) is 114 Å². The number of hydrogen-bond acceptors (Lipinski definition) is 6. The van der Waals surface area contributed by atoms with E-state index in [0.717, 1.165) is 16.8 Å². The van der Waals surface area contributed by atoms with Crippen LogP contribution in [0.15, 0.2) is 66.1 Å². The Hall–Kier alpha value is -4.05. The molecule has 0 amide bonds. The van der Waals surface area contributed by atoms with E-state index in [2.05, 4.69) is 16.3 Å². The van der Waals surface area contributed by atoms with Gasteiger partial charge in [0.05, 0.1) is 11.5 Å². The predicted molar refractivity (Wildman–Crippen MR) is 100 cm³/mol. The van der Waals surface area contributed by atoms with Crippen molar-refractivity contribution >= 4 is 5.97 Å². The highest BCUT2D eigenvalue weighted by Crippen LogP contribution is 2.42. The summed E-state index contributed by atoms with van der Waals surface area (Å²) in [5.74, 6) is -0.0467. The van der Waals surface area contributed by atoms with Crippen molar-refractivity contribution in [1.29, 1.82) is 5.26 Å². The van der Waals surface area contributed by atoms with Gasteiger partial charge in [0, 0.05) is 11.3 Å². The number of carbonyl (C=O) groups is 1. The molecule has 7 nitrogen and oxygen atoms in total. The number of esters is 1. The number of ether oxygens (including phenoxy) is 2. The lowest BCUT2D eigenvalue weighted by atomic mass is 9.84. The number of aromatic nitrogens is 2. The fourth-order valence-corrected chi connectivity index (χ4v) is 3.20. The Morgan fingerprint density at radius 3 is 2.61 bits per heavy atom. The van der Waals surface area contributed by atoms with Gasteiger partial charge in [0.25, 0.3) is 0 Å². The number of nitrogens with one attached hydrogen (secondary N) is 1. The molecule has 4 rings (SSSR count). The van der Waals surface area contributed by atoms with Crippen LogP contribution in [0.2, 0.25) is 0 Å². The summed E-state index contributed by atoms with van der Waals surface area (Å²) in [5.41, 5.74) is 9.06. The number of H-pyrrole nitrogens is 1. The van der Waals surface area contributed by atoms with Gasteiger partial charge in [-0.05, 0) is 36.8 Å². The fraction of sp³-hybridized carbons (Fsp3) is 0.0952. The van der Waals surface area contributed by atoms with Crippen LogP contribution in [-0.4, -0.2) is 16.2 Å². The molecule has 2 heterocycles. The summed E-state index contributed by atoms with van der Waals surface area (Å²) in [5, 5.41) is 16.5. The Kier molecular flexibility index (Phi) is 4.30. The van der Waals surface area contributed by atoms with Crippen molar-refractivity contribution in [2.75, 3.05) is 0 Å². The van der Waals surface area contributed by atoms with Gasteiger partial charge >= 0.3 is 5.97 Å². The lowest BCUT2D eigenvalue weighted by Gasteiger charge is -2.23. The number of nitrogens with zero attached hydrogens (tertiary/aromatic N) is 2. The molecule has 0 aliphatic carbocycles. The van der Waals surface area contributed by atoms with E-state index in [0.29, 0.717) is 22.8 Å². The third kappa shape index (κ3) is 2.97. The first-order valence-corrected chi connectivity index (χ1v) is 8.58. The molecule has 28 heavy (non-hydrogen) atoms. The second-order valence-electron chi connectivity index (χ2n) is 6.32. The van der Waals surface area contributed by atoms with Crippen molar-refractivity contribution in [1.82, 2.24) is 10.2 Å². The molecule has 0 bridgehead atoms. The van der Waals surface area contributed by atoms with Gasteiger partial charge in [0.2, 0.25) is 11.8 Å². The highest BCUT2D eigenvalue weighted by molar-refractivity contribution is 5.90. The Morgan fingerprint density at radius 1 is 1.21 bits per heavy atom. The quantitative estimate of drug-likeness (QED) is 0.539.